The van der Waals surface area contributed by atoms with Gasteiger partial charge in [-0.15, -0.1) is 0 Å². The van der Waals surface area contributed by atoms with Crippen LogP contribution in [0.2, 0.25) is 0 Å². The van der Waals surface area contributed by atoms with Crippen molar-refractivity contribution in [2.75, 3.05) is 7.11 Å². The summed E-state index contributed by atoms with van der Waals surface area (Å²) in [6.07, 6.45) is -0.124. The van der Waals surface area contributed by atoms with Crippen LogP contribution in [-0.2, 0) is 9.53 Å². The summed E-state index contributed by atoms with van der Waals surface area (Å²) in [6, 6.07) is -0.0116. The Bertz CT molecular complexity index is 183. The zero-order chi connectivity index (χ0) is 9.30. The molecule has 70 valence electrons. The van der Waals surface area contributed by atoms with Crippen LogP contribution in [0.5, 0.6) is 0 Å². The molecule has 0 amide bonds. The van der Waals surface area contributed by atoms with Crippen LogP contribution in [0.3, 0.4) is 0 Å². The van der Waals surface area contributed by atoms with E-state index in [0.717, 1.165) is 0 Å². The van der Waals surface area contributed by atoms with Crippen LogP contribution in [0.1, 0.15) is 13.8 Å². The van der Waals surface area contributed by atoms with Gasteiger partial charge in [0.1, 0.15) is 6.23 Å². The second-order valence-corrected chi connectivity index (χ2v) is 3.33. The molecule has 1 heterocycles. The molecule has 4 heteroatoms. The number of ether oxygens (including phenoxy) is 1. The van der Waals surface area contributed by atoms with Crippen LogP contribution in [0.25, 0.3) is 0 Å². The quantitative estimate of drug-likeness (QED) is 0.630. The minimum atomic E-state index is -0.748. The molecule has 12 heavy (non-hydrogen) atoms. The van der Waals surface area contributed by atoms with Gasteiger partial charge in [-0.25, -0.2) is 0 Å². The molecular weight excluding hydrogens is 158 g/mol. The van der Waals surface area contributed by atoms with Gasteiger partial charge < -0.3 is 9.84 Å². The van der Waals surface area contributed by atoms with Gasteiger partial charge in [0.2, 0.25) is 0 Å². The molecule has 4 nitrogen and oxygen atoms in total. The van der Waals surface area contributed by atoms with Crippen molar-refractivity contribution in [3.63, 3.8) is 0 Å². The molecule has 2 N–H and O–H groups in total. The third-order valence-corrected chi connectivity index (χ3v) is 2.55. The Hall–Kier alpha value is -0.610. The monoisotopic (exact) mass is 173 g/mol. The molecule has 1 fully saturated rings. The number of carboxylic acid groups (broad SMARTS) is 1. The molecule has 0 bridgehead atoms. The number of aliphatic carboxylic acids is 1. The van der Waals surface area contributed by atoms with E-state index in [9.17, 15) is 4.79 Å². The first-order chi connectivity index (χ1) is 5.57. The molecule has 0 spiro atoms. The molecule has 1 aliphatic rings. The topological polar surface area (TPSA) is 58.6 Å². The van der Waals surface area contributed by atoms with Gasteiger partial charge in [0.25, 0.3) is 0 Å². The van der Waals surface area contributed by atoms with Crippen molar-refractivity contribution in [1.82, 2.24) is 5.32 Å². The first-order valence-electron chi connectivity index (χ1n) is 4.09. The molecule has 0 aromatic carbocycles. The van der Waals surface area contributed by atoms with E-state index in [0.29, 0.717) is 0 Å². The summed E-state index contributed by atoms with van der Waals surface area (Å²) in [5, 5.41) is 12.0. The number of hydrogen-bond donors (Lipinski definition) is 2. The summed E-state index contributed by atoms with van der Waals surface area (Å²) in [6.45, 7) is 3.76. The smallest absolute Gasteiger partial charge is 0.308 e. The van der Waals surface area contributed by atoms with Crippen LogP contribution in [-0.4, -0.2) is 30.5 Å². The first-order valence-corrected chi connectivity index (χ1v) is 4.09. The van der Waals surface area contributed by atoms with Crippen molar-refractivity contribution in [2.45, 2.75) is 26.1 Å². The third kappa shape index (κ3) is 1.44. The van der Waals surface area contributed by atoms with Gasteiger partial charge in [0.05, 0.1) is 5.92 Å². The molecule has 1 rings (SSSR count). The number of carbonyl (C=O) groups is 1. The molecule has 4 unspecified atom stereocenters. The maximum absolute atomic E-state index is 10.8. The Kier molecular flexibility index (Phi) is 2.69. The maximum Gasteiger partial charge on any atom is 0.308 e. The highest BCUT2D eigenvalue weighted by molar-refractivity contribution is 5.71. The number of nitrogens with one attached hydrogen (secondary N) is 1. The highest BCUT2D eigenvalue weighted by Gasteiger charge is 2.42. The fourth-order valence-corrected chi connectivity index (χ4v) is 1.88. The van der Waals surface area contributed by atoms with E-state index in [1.165, 1.54) is 0 Å². The second-order valence-electron chi connectivity index (χ2n) is 3.33. The summed E-state index contributed by atoms with van der Waals surface area (Å²) in [7, 11) is 1.59. The molecule has 1 saturated heterocycles. The lowest BCUT2D eigenvalue weighted by Gasteiger charge is -2.15. The SMILES string of the molecule is COC1NC(C)C(C(=O)O)C1C. The Labute approximate surface area is 71.9 Å². The minimum Gasteiger partial charge on any atom is -0.481 e. The molecule has 4 atom stereocenters. The van der Waals surface area contributed by atoms with Crippen molar-refractivity contribution < 1.29 is 14.6 Å². The lowest BCUT2D eigenvalue weighted by Crippen LogP contribution is -2.31. The van der Waals surface area contributed by atoms with Crippen LogP contribution in [0, 0.1) is 11.8 Å². The Morgan fingerprint density at radius 1 is 1.50 bits per heavy atom. The minimum absolute atomic E-state index is 0.0116. The number of rotatable bonds is 2. The van der Waals surface area contributed by atoms with Gasteiger partial charge in [-0.3, -0.25) is 10.1 Å². The highest BCUT2D eigenvalue weighted by Crippen LogP contribution is 2.27. The fraction of sp³-hybridized carbons (Fsp3) is 0.875. The number of hydrogen-bond acceptors (Lipinski definition) is 3. The standard InChI is InChI=1S/C8H15NO3/c1-4-6(8(10)11)5(2)9-7(4)12-3/h4-7,9H,1-3H3,(H,10,11). The number of carboxylic acids is 1. The van der Waals surface area contributed by atoms with E-state index >= 15 is 0 Å². The maximum atomic E-state index is 10.8. The molecule has 0 radical (unpaired) electrons. The Morgan fingerprint density at radius 2 is 2.08 bits per heavy atom. The summed E-state index contributed by atoms with van der Waals surface area (Å²) >= 11 is 0. The highest BCUT2D eigenvalue weighted by atomic mass is 16.5. The third-order valence-electron chi connectivity index (χ3n) is 2.55. The lowest BCUT2D eigenvalue weighted by molar-refractivity contribution is -0.143. The largest absolute Gasteiger partial charge is 0.481 e. The zero-order valence-corrected chi connectivity index (χ0v) is 7.57. The van der Waals surface area contributed by atoms with Gasteiger partial charge >= 0.3 is 5.97 Å². The van der Waals surface area contributed by atoms with Crippen LogP contribution >= 0.6 is 0 Å². The predicted molar refractivity (Wildman–Crippen MR) is 43.7 cm³/mol. The van der Waals surface area contributed by atoms with E-state index in [1.54, 1.807) is 7.11 Å². The average Bonchev–Trinajstić information content (AvgIpc) is 2.25. The summed E-state index contributed by atoms with van der Waals surface area (Å²) in [5.74, 6) is -1.06. The molecule has 0 saturated carbocycles. The van der Waals surface area contributed by atoms with Crippen LogP contribution in [0.4, 0.5) is 0 Å². The van der Waals surface area contributed by atoms with E-state index in [-0.39, 0.29) is 24.1 Å². The Morgan fingerprint density at radius 3 is 2.33 bits per heavy atom. The van der Waals surface area contributed by atoms with E-state index in [4.69, 9.17) is 9.84 Å². The predicted octanol–water partition coefficient (Wildman–Crippen LogP) is 0.287. The molecule has 1 aliphatic heterocycles. The van der Waals surface area contributed by atoms with Gasteiger partial charge in [-0.05, 0) is 6.92 Å². The molecule has 0 aromatic rings. The molecular formula is C8H15NO3. The van der Waals surface area contributed by atoms with Gasteiger partial charge in [-0.1, -0.05) is 6.92 Å². The summed E-state index contributed by atoms with van der Waals surface area (Å²) < 4.78 is 5.10. The van der Waals surface area contributed by atoms with Crippen molar-refractivity contribution in [2.24, 2.45) is 11.8 Å². The van der Waals surface area contributed by atoms with Crippen LogP contribution in [0.15, 0.2) is 0 Å². The fourth-order valence-electron chi connectivity index (χ4n) is 1.88. The van der Waals surface area contributed by atoms with Crippen molar-refractivity contribution in [1.29, 1.82) is 0 Å². The summed E-state index contributed by atoms with van der Waals surface area (Å²) in [4.78, 5) is 10.8. The van der Waals surface area contributed by atoms with Crippen LogP contribution < -0.4 is 5.32 Å². The van der Waals surface area contributed by atoms with Gasteiger partial charge in [-0.2, -0.15) is 0 Å². The van der Waals surface area contributed by atoms with Gasteiger partial charge in [0.15, 0.2) is 0 Å². The Balaban J connectivity index is 2.70. The van der Waals surface area contributed by atoms with Crippen molar-refractivity contribution in [3.05, 3.63) is 0 Å². The van der Waals surface area contributed by atoms with E-state index < -0.39 is 5.97 Å². The molecule has 0 aliphatic carbocycles. The normalized spacial score (nSPS) is 41.6. The lowest BCUT2D eigenvalue weighted by atomic mass is 9.92. The van der Waals surface area contributed by atoms with Gasteiger partial charge in [0, 0.05) is 19.1 Å². The average molecular weight is 173 g/mol. The summed E-state index contributed by atoms with van der Waals surface area (Å²) in [5.41, 5.74) is 0. The van der Waals surface area contributed by atoms with E-state index in [2.05, 4.69) is 5.32 Å². The molecule has 0 aromatic heterocycles. The zero-order valence-electron chi connectivity index (χ0n) is 7.57. The van der Waals surface area contributed by atoms with Crippen molar-refractivity contribution >= 4 is 5.97 Å². The number of methoxy groups -OCH3 is 1. The second kappa shape index (κ2) is 3.41. The first kappa shape index (κ1) is 9.48. The van der Waals surface area contributed by atoms with Crippen molar-refractivity contribution in [3.8, 4) is 0 Å². The van der Waals surface area contributed by atoms with E-state index in [1.807, 2.05) is 13.8 Å².